The molecule has 0 aromatic heterocycles. The first-order valence-electron chi connectivity index (χ1n) is 14.0. The lowest BCUT2D eigenvalue weighted by Gasteiger charge is -2.40. The molecule has 33 heavy (non-hydrogen) atoms. The van der Waals surface area contributed by atoms with Crippen LogP contribution in [0.3, 0.4) is 0 Å². The molecule has 1 saturated heterocycles. The number of nitrogens with one attached hydrogen (secondary N) is 1. The summed E-state index contributed by atoms with van der Waals surface area (Å²) >= 11 is 13.0. The molecule has 1 N–H and O–H groups in total. The maximum absolute atomic E-state index is 6.68. The van der Waals surface area contributed by atoms with E-state index >= 15 is 0 Å². The van der Waals surface area contributed by atoms with Crippen LogP contribution in [0.25, 0.3) is 0 Å². The first-order valence-corrected chi connectivity index (χ1v) is 14.9. The van der Waals surface area contributed by atoms with Crippen molar-refractivity contribution in [3.8, 4) is 0 Å². The van der Waals surface area contributed by atoms with Gasteiger partial charge in [0, 0.05) is 23.3 Å². The molecule has 0 aromatic carbocycles. The molecule has 3 fully saturated rings. The van der Waals surface area contributed by atoms with E-state index in [-0.39, 0.29) is 11.0 Å². The molecule has 194 valence electrons. The quantitative estimate of drug-likeness (QED) is 0.345. The fourth-order valence-electron chi connectivity index (χ4n) is 6.30. The van der Waals surface area contributed by atoms with E-state index in [0.717, 1.165) is 37.3 Å². The van der Waals surface area contributed by atoms with E-state index in [0.29, 0.717) is 23.3 Å². The molecule has 4 atom stereocenters. The van der Waals surface area contributed by atoms with E-state index in [4.69, 9.17) is 27.9 Å². The number of ether oxygens (including phenoxy) is 1. The Morgan fingerprint density at radius 2 is 1.55 bits per heavy atom. The topological polar surface area (TPSA) is 24.5 Å². The number of hydrogen-bond donors (Lipinski definition) is 1. The molecule has 3 unspecified atom stereocenters. The van der Waals surface area contributed by atoms with Gasteiger partial charge in [-0.25, -0.2) is 0 Å². The summed E-state index contributed by atoms with van der Waals surface area (Å²) < 4.78 is 6.09. The van der Waals surface area contributed by atoms with Gasteiger partial charge in [0.25, 0.3) is 0 Å². The fraction of sp³-hybridized carbons (Fsp3) is 1.00. The van der Waals surface area contributed by atoms with Crippen LogP contribution in [0, 0.1) is 29.6 Å². The standard InChI is InChI=1S/C28H52Cl2N2O/c1-20(2)27(18-32-14-12-23(13-15-32)22-7-9-25(29)10-8-22)31-17-21-6-11-26(30)24(16-21)19-33-28(3,4)5/h20-27,31H,6-19H2,1-5H3/t21?,22?,24?,25?,26?,27-/m0/s1. The van der Waals surface area contributed by atoms with Gasteiger partial charge in [-0.05, 0) is 128 Å². The number of likely N-dealkylation sites (tertiary alicyclic amines) is 1. The number of alkyl halides is 2. The summed E-state index contributed by atoms with van der Waals surface area (Å²) in [5, 5.41) is 4.70. The van der Waals surface area contributed by atoms with Crippen molar-refractivity contribution in [3.05, 3.63) is 0 Å². The van der Waals surface area contributed by atoms with Crippen LogP contribution >= 0.6 is 23.2 Å². The number of piperidine rings is 1. The SMILES string of the molecule is CC(C)[C@H](CN1CCC(C2CCC(Cl)CC2)CC1)NCC1CCC(Cl)C(COC(C)(C)C)C1. The van der Waals surface area contributed by atoms with Gasteiger partial charge in [-0.2, -0.15) is 0 Å². The summed E-state index contributed by atoms with van der Waals surface area (Å²) in [7, 11) is 0. The Morgan fingerprint density at radius 3 is 2.15 bits per heavy atom. The largest absolute Gasteiger partial charge is 0.376 e. The van der Waals surface area contributed by atoms with Gasteiger partial charge in [0.05, 0.1) is 12.2 Å². The van der Waals surface area contributed by atoms with Crippen LogP contribution in [0.4, 0.5) is 0 Å². The summed E-state index contributed by atoms with van der Waals surface area (Å²) in [6.45, 7) is 16.8. The molecule has 0 amide bonds. The van der Waals surface area contributed by atoms with Crippen LogP contribution in [0.5, 0.6) is 0 Å². The van der Waals surface area contributed by atoms with E-state index in [2.05, 4.69) is 44.8 Å². The maximum Gasteiger partial charge on any atom is 0.0598 e. The molecule has 1 heterocycles. The predicted molar refractivity (Wildman–Crippen MR) is 144 cm³/mol. The third-order valence-corrected chi connectivity index (χ3v) is 9.67. The Morgan fingerprint density at radius 1 is 0.909 bits per heavy atom. The van der Waals surface area contributed by atoms with Crippen molar-refractivity contribution in [2.24, 2.45) is 29.6 Å². The Hall–Kier alpha value is 0.460. The number of nitrogens with zero attached hydrogens (tertiary/aromatic N) is 1. The van der Waals surface area contributed by atoms with E-state index in [1.807, 2.05) is 0 Å². The molecule has 0 spiro atoms. The van der Waals surface area contributed by atoms with Gasteiger partial charge in [0.15, 0.2) is 0 Å². The van der Waals surface area contributed by atoms with E-state index in [9.17, 15) is 0 Å². The zero-order chi connectivity index (χ0) is 24.0. The monoisotopic (exact) mass is 502 g/mol. The van der Waals surface area contributed by atoms with Gasteiger partial charge in [0.1, 0.15) is 0 Å². The summed E-state index contributed by atoms with van der Waals surface area (Å²) in [5.74, 6) is 3.74. The number of hydrogen-bond acceptors (Lipinski definition) is 3. The summed E-state index contributed by atoms with van der Waals surface area (Å²) in [4.78, 5) is 2.73. The molecular weight excluding hydrogens is 451 g/mol. The highest BCUT2D eigenvalue weighted by atomic mass is 35.5. The van der Waals surface area contributed by atoms with Crippen molar-refractivity contribution in [3.63, 3.8) is 0 Å². The van der Waals surface area contributed by atoms with Crippen molar-refractivity contribution in [1.29, 1.82) is 0 Å². The first kappa shape index (κ1) is 28.0. The summed E-state index contributed by atoms with van der Waals surface area (Å²) in [6, 6.07) is 0.575. The molecular formula is C28H52Cl2N2O. The minimum absolute atomic E-state index is 0.0818. The number of halogens is 2. The molecule has 3 aliphatic rings. The molecule has 5 heteroatoms. The van der Waals surface area contributed by atoms with Crippen LogP contribution in [0.1, 0.15) is 92.4 Å². The van der Waals surface area contributed by atoms with Crippen molar-refractivity contribution >= 4 is 23.2 Å². The lowest BCUT2D eigenvalue weighted by atomic mass is 9.75. The molecule has 3 nitrogen and oxygen atoms in total. The van der Waals surface area contributed by atoms with Crippen molar-refractivity contribution in [2.45, 2.75) is 115 Å². The zero-order valence-electron chi connectivity index (χ0n) is 22.1. The molecule has 0 radical (unpaired) electrons. The van der Waals surface area contributed by atoms with E-state index in [1.165, 1.54) is 71.0 Å². The van der Waals surface area contributed by atoms with Crippen molar-refractivity contribution in [2.75, 3.05) is 32.8 Å². The average Bonchev–Trinajstić information content (AvgIpc) is 2.77. The lowest BCUT2D eigenvalue weighted by Crippen LogP contribution is -2.49. The maximum atomic E-state index is 6.68. The van der Waals surface area contributed by atoms with Gasteiger partial charge in [-0.15, -0.1) is 23.2 Å². The molecule has 2 aliphatic carbocycles. The number of rotatable bonds is 9. The highest BCUT2D eigenvalue weighted by molar-refractivity contribution is 6.21. The molecule has 3 rings (SSSR count). The van der Waals surface area contributed by atoms with Gasteiger partial charge >= 0.3 is 0 Å². The van der Waals surface area contributed by atoms with Crippen molar-refractivity contribution < 1.29 is 4.74 Å². The van der Waals surface area contributed by atoms with Crippen LogP contribution in [-0.2, 0) is 4.74 Å². The lowest BCUT2D eigenvalue weighted by molar-refractivity contribution is -0.0307. The van der Waals surface area contributed by atoms with Gasteiger partial charge in [0.2, 0.25) is 0 Å². The predicted octanol–water partition coefficient (Wildman–Crippen LogP) is 6.95. The molecule has 0 aromatic rings. The Bertz CT molecular complexity index is 551. The highest BCUT2D eigenvalue weighted by Gasteiger charge is 2.33. The van der Waals surface area contributed by atoms with Crippen LogP contribution in [0.15, 0.2) is 0 Å². The molecule has 2 saturated carbocycles. The second-order valence-corrected chi connectivity index (χ2v) is 14.0. The minimum atomic E-state index is -0.0818. The molecule has 0 bridgehead atoms. The Kier molecular flexibility index (Phi) is 11.2. The third-order valence-electron chi connectivity index (χ3n) is 8.66. The highest BCUT2D eigenvalue weighted by Crippen LogP contribution is 2.37. The normalized spacial score (nSPS) is 34.0. The van der Waals surface area contributed by atoms with Gasteiger partial charge < -0.3 is 15.0 Å². The van der Waals surface area contributed by atoms with Crippen LogP contribution in [0.2, 0.25) is 0 Å². The van der Waals surface area contributed by atoms with Crippen LogP contribution < -0.4 is 5.32 Å². The second kappa shape index (κ2) is 13.1. The second-order valence-electron chi connectivity index (χ2n) is 12.8. The van der Waals surface area contributed by atoms with Crippen LogP contribution in [-0.4, -0.2) is 60.1 Å². The first-order chi connectivity index (χ1) is 15.6. The summed E-state index contributed by atoms with van der Waals surface area (Å²) in [6.07, 6.45) is 11.5. The van der Waals surface area contributed by atoms with Crippen molar-refractivity contribution in [1.82, 2.24) is 10.2 Å². The zero-order valence-corrected chi connectivity index (χ0v) is 23.6. The minimum Gasteiger partial charge on any atom is -0.376 e. The van der Waals surface area contributed by atoms with Gasteiger partial charge in [-0.1, -0.05) is 13.8 Å². The van der Waals surface area contributed by atoms with E-state index < -0.39 is 0 Å². The average molecular weight is 504 g/mol. The Balaban J connectivity index is 1.40. The Labute approximate surface area is 215 Å². The summed E-state index contributed by atoms with van der Waals surface area (Å²) in [5.41, 5.74) is -0.0818. The fourth-order valence-corrected chi connectivity index (χ4v) is 6.86. The van der Waals surface area contributed by atoms with E-state index in [1.54, 1.807) is 0 Å². The van der Waals surface area contributed by atoms with Gasteiger partial charge in [-0.3, -0.25) is 0 Å². The third kappa shape index (κ3) is 9.45. The smallest absolute Gasteiger partial charge is 0.0598 e. The molecule has 1 aliphatic heterocycles.